The van der Waals surface area contributed by atoms with E-state index in [-0.39, 0.29) is 5.82 Å². The van der Waals surface area contributed by atoms with Crippen molar-refractivity contribution in [2.24, 2.45) is 5.92 Å². The highest BCUT2D eigenvalue weighted by atomic mass is 19.1. The Bertz CT molecular complexity index is 1100. The molecule has 1 aliphatic heterocycles. The molecule has 1 N–H and O–H groups in total. The van der Waals surface area contributed by atoms with Gasteiger partial charge in [-0.15, -0.1) is 5.06 Å². The zero-order valence-corrected chi connectivity index (χ0v) is 16.0. The number of piperidine rings is 1. The van der Waals surface area contributed by atoms with E-state index in [1.54, 1.807) is 24.4 Å². The Morgan fingerprint density at radius 1 is 1.14 bits per heavy atom. The number of hydrogen-bond donors (Lipinski definition) is 1. The summed E-state index contributed by atoms with van der Waals surface area (Å²) in [6.07, 6.45) is 9.72. The van der Waals surface area contributed by atoms with Crippen LogP contribution in [-0.2, 0) is 6.54 Å². The van der Waals surface area contributed by atoms with Gasteiger partial charge in [-0.25, -0.2) is 4.39 Å². The van der Waals surface area contributed by atoms with Crippen molar-refractivity contribution in [3.8, 4) is 17.0 Å². The van der Waals surface area contributed by atoms with E-state index < -0.39 is 0 Å². The lowest BCUT2D eigenvalue weighted by Gasteiger charge is -2.31. The summed E-state index contributed by atoms with van der Waals surface area (Å²) in [5.74, 6) is 0.525. The molecular formula is C22H22FN5O. The van der Waals surface area contributed by atoms with Crippen LogP contribution in [0.1, 0.15) is 12.8 Å². The van der Waals surface area contributed by atoms with Crippen LogP contribution in [0.15, 0.2) is 61.2 Å². The number of aromatic amines is 1. The van der Waals surface area contributed by atoms with Gasteiger partial charge in [-0.3, -0.25) is 10.1 Å². The molecule has 0 amide bonds. The molecule has 5 rings (SSSR count). The number of nitrogens with zero attached hydrogens (tertiary/aromatic N) is 4. The van der Waals surface area contributed by atoms with Crippen LogP contribution in [0.5, 0.6) is 5.75 Å². The van der Waals surface area contributed by atoms with Crippen molar-refractivity contribution in [2.75, 3.05) is 13.1 Å². The molecule has 0 unspecified atom stereocenters. The standard InChI is InChI=1S/C22H22FN5O/c23-19-3-1-2-4-22(19)29-28-9-5-16(6-10-28)15-27-8-7-17-11-20(24-14-21(17)27)18-12-25-26-13-18/h1-4,7-8,11-14,16H,5-6,9-10,15H2,(H,25,26). The molecule has 148 valence electrons. The number of para-hydroxylation sites is 1. The Labute approximate surface area is 167 Å². The highest BCUT2D eigenvalue weighted by molar-refractivity contribution is 5.83. The zero-order valence-electron chi connectivity index (χ0n) is 16.0. The quantitative estimate of drug-likeness (QED) is 0.552. The fourth-order valence-corrected chi connectivity index (χ4v) is 3.91. The predicted octanol–water partition coefficient (Wildman–Crippen LogP) is 4.27. The summed E-state index contributed by atoms with van der Waals surface area (Å²) < 4.78 is 16.1. The maximum Gasteiger partial charge on any atom is 0.183 e. The third-order valence-electron chi connectivity index (χ3n) is 5.54. The number of rotatable bonds is 5. The van der Waals surface area contributed by atoms with Gasteiger partial charge in [-0.2, -0.15) is 5.10 Å². The summed E-state index contributed by atoms with van der Waals surface area (Å²) in [7, 11) is 0. The van der Waals surface area contributed by atoms with Crippen molar-refractivity contribution >= 4 is 10.9 Å². The number of aromatic nitrogens is 4. The Morgan fingerprint density at radius 2 is 2.00 bits per heavy atom. The normalized spacial score (nSPS) is 15.8. The highest BCUT2D eigenvalue weighted by Gasteiger charge is 2.22. The highest BCUT2D eigenvalue weighted by Crippen LogP contribution is 2.26. The van der Waals surface area contributed by atoms with Gasteiger partial charge in [0.1, 0.15) is 0 Å². The van der Waals surface area contributed by atoms with Gasteiger partial charge in [0.05, 0.1) is 23.6 Å². The maximum absolute atomic E-state index is 13.8. The second kappa shape index (κ2) is 7.67. The molecule has 29 heavy (non-hydrogen) atoms. The zero-order chi connectivity index (χ0) is 19.6. The lowest BCUT2D eigenvalue weighted by molar-refractivity contribution is -0.0853. The number of pyridine rings is 1. The summed E-state index contributed by atoms with van der Waals surface area (Å²) in [6, 6.07) is 10.8. The van der Waals surface area contributed by atoms with Crippen molar-refractivity contribution in [3.63, 3.8) is 0 Å². The number of hydrogen-bond acceptors (Lipinski definition) is 4. The lowest BCUT2D eigenvalue weighted by Crippen LogP contribution is -2.37. The first kappa shape index (κ1) is 17.9. The third kappa shape index (κ3) is 3.73. The predicted molar refractivity (Wildman–Crippen MR) is 109 cm³/mol. The van der Waals surface area contributed by atoms with Crippen LogP contribution >= 0.6 is 0 Å². The average Bonchev–Trinajstić information content (AvgIpc) is 3.41. The number of benzene rings is 1. The van der Waals surface area contributed by atoms with E-state index >= 15 is 0 Å². The van der Waals surface area contributed by atoms with Crippen LogP contribution in [0.2, 0.25) is 0 Å². The molecule has 0 saturated carbocycles. The van der Waals surface area contributed by atoms with Crippen LogP contribution in [0.3, 0.4) is 0 Å². The number of H-pyrrole nitrogens is 1. The van der Waals surface area contributed by atoms with E-state index in [4.69, 9.17) is 4.84 Å². The lowest BCUT2D eigenvalue weighted by atomic mass is 9.98. The summed E-state index contributed by atoms with van der Waals surface area (Å²) in [5.41, 5.74) is 3.05. The van der Waals surface area contributed by atoms with Crippen LogP contribution in [-0.4, -0.2) is 37.9 Å². The number of halogens is 1. The van der Waals surface area contributed by atoms with Crippen molar-refractivity contribution in [3.05, 3.63) is 67.0 Å². The minimum Gasteiger partial charge on any atom is -0.403 e. The molecular weight excluding hydrogens is 369 g/mol. The van der Waals surface area contributed by atoms with Crippen molar-refractivity contribution in [2.45, 2.75) is 19.4 Å². The SMILES string of the molecule is Fc1ccccc1ON1CCC(Cn2ccc3cc(-c4cn[nH]c4)ncc32)CC1. The molecule has 7 heteroatoms. The molecule has 6 nitrogen and oxygen atoms in total. The van der Waals surface area contributed by atoms with Crippen LogP contribution in [0, 0.1) is 11.7 Å². The van der Waals surface area contributed by atoms with Crippen molar-refractivity contribution in [1.82, 2.24) is 24.8 Å². The second-order valence-corrected chi connectivity index (χ2v) is 7.48. The van der Waals surface area contributed by atoms with Crippen LogP contribution in [0.4, 0.5) is 4.39 Å². The fourth-order valence-electron chi connectivity index (χ4n) is 3.91. The molecule has 0 spiro atoms. The Hall–Kier alpha value is -3.19. The van der Waals surface area contributed by atoms with Gasteiger partial charge < -0.3 is 9.40 Å². The molecule has 1 aromatic carbocycles. The molecule has 0 bridgehead atoms. The average molecular weight is 391 g/mol. The molecule has 0 radical (unpaired) electrons. The monoisotopic (exact) mass is 391 g/mol. The van der Waals surface area contributed by atoms with E-state index in [2.05, 4.69) is 38.1 Å². The summed E-state index contributed by atoms with van der Waals surface area (Å²) in [4.78, 5) is 10.3. The van der Waals surface area contributed by atoms with Gasteiger partial charge >= 0.3 is 0 Å². The minimum absolute atomic E-state index is 0.293. The van der Waals surface area contributed by atoms with Crippen molar-refractivity contribution in [1.29, 1.82) is 0 Å². The van der Waals surface area contributed by atoms with Gasteiger partial charge in [-0.1, -0.05) is 12.1 Å². The van der Waals surface area contributed by atoms with Gasteiger partial charge in [0.15, 0.2) is 11.6 Å². The maximum atomic E-state index is 13.8. The molecule has 1 saturated heterocycles. The van der Waals surface area contributed by atoms with Crippen molar-refractivity contribution < 1.29 is 9.23 Å². The van der Waals surface area contributed by atoms with E-state index in [9.17, 15) is 4.39 Å². The summed E-state index contributed by atoms with van der Waals surface area (Å²) in [6.45, 7) is 2.53. The van der Waals surface area contributed by atoms with E-state index in [0.29, 0.717) is 11.7 Å². The smallest absolute Gasteiger partial charge is 0.183 e. The molecule has 1 fully saturated rings. The molecule has 0 aliphatic carbocycles. The fraction of sp³-hybridized carbons (Fsp3) is 0.273. The van der Waals surface area contributed by atoms with Gasteiger partial charge in [-0.05, 0) is 43.0 Å². The number of nitrogens with one attached hydrogen (secondary N) is 1. The van der Waals surface area contributed by atoms with Crippen LogP contribution in [0.25, 0.3) is 22.2 Å². The topological polar surface area (TPSA) is 59.0 Å². The largest absolute Gasteiger partial charge is 0.403 e. The van der Waals surface area contributed by atoms with Crippen LogP contribution < -0.4 is 4.84 Å². The van der Waals surface area contributed by atoms with E-state index in [1.165, 1.54) is 11.5 Å². The molecule has 4 heterocycles. The summed E-state index contributed by atoms with van der Waals surface area (Å²) >= 11 is 0. The van der Waals surface area contributed by atoms with Gasteiger partial charge in [0.25, 0.3) is 0 Å². The molecule has 1 aliphatic rings. The first-order valence-corrected chi connectivity index (χ1v) is 9.88. The summed E-state index contributed by atoms with van der Waals surface area (Å²) in [5, 5.41) is 9.86. The number of fused-ring (bicyclic) bond motifs is 1. The molecule has 3 aromatic heterocycles. The van der Waals surface area contributed by atoms with Gasteiger partial charge in [0, 0.05) is 43.0 Å². The Kier molecular flexibility index (Phi) is 4.73. The molecule has 0 atom stereocenters. The minimum atomic E-state index is -0.323. The Balaban J connectivity index is 1.22. The second-order valence-electron chi connectivity index (χ2n) is 7.48. The Morgan fingerprint density at radius 3 is 2.79 bits per heavy atom. The first-order valence-electron chi connectivity index (χ1n) is 9.88. The number of hydroxylamine groups is 2. The van der Waals surface area contributed by atoms with E-state index in [1.807, 2.05) is 17.5 Å². The van der Waals surface area contributed by atoms with E-state index in [0.717, 1.165) is 49.2 Å². The molecule has 4 aromatic rings. The first-order chi connectivity index (χ1) is 14.3. The van der Waals surface area contributed by atoms with Gasteiger partial charge in [0.2, 0.25) is 0 Å². The third-order valence-corrected chi connectivity index (χ3v) is 5.54.